The molecule has 174 valence electrons. The Morgan fingerprint density at radius 3 is 2.28 bits per heavy atom. The SMILES string of the molecule is CCC(C)N1CCC(=O)C(CCCc2ccc(OC)cc2)C1c1ccc(C(C)(C)C)cc1. The van der Waals surface area contributed by atoms with Crippen molar-refractivity contribution in [2.75, 3.05) is 13.7 Å². The number of rotatable bonds is 8. The summed E-state index contributed by atoms with van der Waals surface area (Å²) in [6, 6.07) is 18.0. The molecule has 3 heteroatoms. The van der Waals surface area contributed by atoms with E-state index in [0.29, 0.717) is 18.2 Å². The zero-order valence-electron chi connectivity index (χ0n) is 20.9. The quantitative estimate of drug-likeness (QED) is 0.459. The number of ketones is 1. The molecule has 0 aliphatic carbocycles. The molecule has 32 heavy (non-hydrogen) atoms. The summed E-state index contributed by atoms with van der Waals surface area (Å²) in [6.45, 7) is 12.2. The zero-order chi connectivity index (χ0) is 23.3. The maximum atomic E-state index is 13.1. The first-order valence-corrected chi connectivity index (χ1v) is 12.3. The number of hydrogen-bond acceptors (Lipinski definition) is 3. The molecule has 1 fully saturated rings. The standard InChI is InChI=1S/C29H41NO2/c1-7-21(2)30-20-19-27(31)26(10-8-9-22-11-17-25(32-6)18-12-22)28(30)23-13-15-24(16-14-23)29(3,4)5/h11-18,21,26,28H,7-10,19-20H2,1-6H3. The van der Waals surface area contributed by atoms with E-state index >= 15 is 0 Å². The van der Waals surface area contributed by atoms with Crippen molar-refractivity contribution < 1.29 is 9.53 Å². The summed E-state index contributed by atoms with van der Waals surface area (Å²) < 4.78 is 5.27. The van der Waals surface area contributed by atoms with Crippen LogP contribution in [0.25, 0.3) is 0 Å². The summed E-state index contributed by atoms with van der Waals surface area (Å²) in [5, 5.41) is 0. The topological polar surface area (TPSA) is 29.5 Å². The first-order valence-electron chi connectivity index (χ1n) is 12.3. The number of methoxy groups -OCH3 is 1. The highest BCUT2D eigenvalue weighted by Gasteiger charge is 2.39. The number of piperidine rings is 1. The van der Waals surface area contributed by atoms with Crippen molar-refractivity contribution in [3.63, 3.8) is 0 Å². The van der Waals surface area contributed by atoms with Crippen LogP contribution >= 0.6 is 0 Å². The molecule has 0 bridgehead atoms. The number of benzene rings is 2. The summed E-state index contributed by atoms with van der Waals surface area (Å²) in [7, 11) is 1.70. The van der Waals surface area contributed by atoms with E-state index in [0.717, 1.165) is 38.0 Å². The fourth-order valence-electron chi connectivity index (χ4n) is 4.94. The molecule has 1 saturated heterocycles. The van der Waals surface area contributed by atoms with Gasteiger partial charge in [0.25, 0.3) is 0 Å². The van der Waals surface area contributed by atoms with Crippen LogP contribution in [0.5, 0.6) is 5.75 Å². The second kappa shape index (κ2) is 10.7. The zero-order valence-corrected chi connectivity index (χ0v) is 20.9. The van der Waals surface area contributed by atoms with E-state index in [2.05, 4.69) is 75.9 Å². The van der Waals surface area contributed by atoms with E-state index < -0.39 is 0 Å². The third-order valence-corrected chi connectivity index (χ3v) is 7.18. The van der Waals surface area contributed by atoms with Gasteiger partial charge in [-0.15, -0.1) is 0 Å². The van der Waals surface area contributed by atoms with Crippen molar-refractivity contribution in [3.8, 4) is 5.75 Å². The number of likely N-dealkylation sites (tertiary alicyclic amines) is 1. The molecular formula is C29H41NO2. The van der Waals surface area contributed by atoms with Gasteiger partial charge < -0.3 is 4.74 Å². The summed E-state index contributed by atoms with van der Waals surface area (Å²) in [5.41, 5.74) is 4.07. The molecule has 3 rings (SSSR count). The molecule has 0 aromatic heterocycles. The smallest absolute Gasteiger partial charge is 0.139 e. The Morgan fingerprint density at radius 2 is 1.72 bits per heavy atom. The fraction of sp³-hybridized carbons (Fsp3) is 0.552. The highest BCUT2D eigenvalue weighted by atomic mass is 16.5. The van der Waals surface area contributed by atoms with Crippen LogP contribution in [0.3, 0.4) is 0 Å². The molecule has 3 atom stereocenters. The van der Waals surface area contributed by atoms with Crippen molar-refractivity contribution in [1.82, 2.24) is 4.90 Å². The first-order chi connectivity index (χ1) is 15.2. The Bertz CT molecular complexity index is 864. The van der Waals surface area contributed by atoms with Crippen molar-refractivity contribution in [2.24, 2.45) is 5.92 Å². The van der Waals surface area contributed by atoms with Crippen LogP contribution in [-0.2, 0) is 16.6 Å². The molecule has 3 nitrogen and oxygen atoms in total. The molecular weight excluding hydrogens is 394 g/mol. The van der Waals surface area contributed by atoms with Gasteiger partial charge in [0.2, 0.25) is 0 Å². The van der Waals surface area contributed by atoms with Gasteiger partial charge in [0, 0.05) is 31.0 Å². The van der Waals surface area contributed by atoms with Crippen LogP contribution in [0.4, 0.5) is 0 Å². The van der Waals surface area contributed by atoms with E-state index in [4.69, 9.17) is 4.74 Å². The van der Waals surface area contributed by atoms with Gasteiger partial charge in [-0.3, -0.25) is 9.69 Å². The molecule has 2 aromatic carbocycles. The Balaban J connectivity index is 1.80. The van der Waals surface area contributed by atoms with E-state index in [-0.39, 0.29) is 17.4 Å². The number of aryl methyl sites for hydroxylation is 1. The lowest BCUT2D eigenvalue weighted by Crippen LogP contribution is -2.47. The first kappa shape index (κ1) is 24.5. The van der Waals surface area contributed by atoms with Crippen LogP contribution in [0.1, 0.15) is 83.0 Å². The number of ether oxygens (including phenoxy) is 1. The maximum absolute atomic E-state index is 13.1. The van der Waals surface area contributed by atoms with E-state index in [1.807, 2.05) is 12.1 Å². The molecule has 2 aromatic rings. The van der Waals surface area contributed by atoms with Gasteiger partial charge in [0.1, 0.15) is 11.5 Å². The van der Waals surface area contributed by atoms with Gasteiger partial charge >= 0.3 is 0 Å². The minimum absolute atomic E-state index is 0.0662. The number of carbonyl (C=O) groups excluding carboxylic acids is 1. The van der Waals surface area contributed by atoms with Gasteiger partial charge in [-0.2, -0.15) is 0 Å². The molecule has 0 saturated carbocycles. The lowest BCUT2D eigenvalue weighted by atomic mass is 9.78. The number of nitrogens with zero attached hydrogens (tertiary/aromatic N) is 1. The predicted octanol–water partition coefficient (Wildman–Crippen LogP) is 6.75. The average molecular weight is 436 g/mol. The highest BCUT2D eigenvalue weighted by Crippen LogP contribution is 2.39. The predicted molar refractivity (Wildman–Crippen MR) is 133 cm³/mol. The van der Waals surface area contributed by atoms with Crippen molar-refractivity contribution in [1.29, 1.82) is 0 Å². The van der Waals surface area contributed by atoms with Crippen LogP contribution in [0.15, 0.2) is 48.5 Å². The molecule has 1 aliphatic heterocycles. The molecule has 1 aliphatic rings. The van der Waals surface area contributed by atoms with Gasteiger partial charge in [-0.05, 0) is 66.8 Å². The Morgan fingerprint density at radius 1 is 1.06 bits per heavy atom. The number of hydrogen-bond donors (Lipinski definition) is 0. The second-order valence-corrected chi connectivity index (χ2v) is 10.4. The highest BCUT2D eigenvalue weighted by molar-refractivity contribution is 5.83. The minimum atomic E-state index is 0.0662. The monoisotopic (exact) mass is 435 g/mol. The minimum Gasteiger partial charge on any atom is -0.497 e. The van der Waals surface area contributed by atoms with E-state index in [9.17, 15) is 4.79 Å². The van der Waals surface area contributed by atoms with Crippen LogP contribution in [0, 0.1) is 5.92 Å². The summed E-state index contributed by atoms with van der Waals surface area (Å²) >= 11 is 0. The van der Waals surface area contributed by atoms with Crippen LogP contribution in [-0.4, -0.2) is 30.4 Å². The lowest BCUT2D eigenvalue weighted by Gasteiger charge is -2.44. The van der Waals surface area contributed by atoms with Crippen molar-refractivity contribution in [2.45, 2.75) is 84.2 Å². The molecule has 1 heterocycles. The molecule has 0 amide bonds. The number of carbonyl (C=O) groups is 1. The average Bonchev–Trinajstić information content (AvgIpc) is 2.79. The van der Waals surface area contributed by atoms with Crippen LogP contribution < -0.4 is 4.74 Å². The third-order valence-electron chi connectivity index (χ3n) is 7.18. The molecule has 0 spiro atoms. The number of Topliss-reactive ketones (excluding diaryl/α,β-unsaturated/α-hetero) is 1. The lowest BCUT2D eigenvalue weighted by molar-refractivity contribution is -0.130. The van der Waals surface area contributed by atoms with Crippen molar-refractivity contribution >= 4 is 5.78 Å². The van der Waals surface area contributed by atoms with E-state index in [1.165, 1.54) is 16.7 Å². The molecule has 0 N–H and O–H groups in total. The third kappa shape index (κ3) is 5.81. The summed E-state index contributed by atoms with van der Waals surface area (Å²) in [4.78, 5) is 15.7. The Kier molecular flexibility index (Phi) is 8.16. The fourth-order valence-corrected chi connectivity index (χ4v) is 4.94. The maximum Gasteiger partial charge on any atom is 0.139 e. The second-order valence-electron chi connectivity index (χ2n) is 10.4. The molecule has 0 radical (unpaired) electrons. The Hall–Kier alpha value is -2.13. The summed E-state index contributed by atoms with van der Waals surface area (Å²) in [6.07, 6.45) is 4.72. The molecule has 3 unspecified atom stereocenters. The summed E-state index contributed by atoms with van der Waals surface area (Å²) in [5.74, 6) is 1.39. The van der Waals surface area contributed by atoms with Crippen molar-refractivity contribution in [3.05, 3.63) is 65.2 Å². The van der Waals surface area contributed by atoms with Gasteiger partial charge in [-0.1, -0.05) is 64.1 Å². The normalized spacial score (nSPS) is 20.9. The Labute approximate surface area is 195 Å². The van der Waals surface area contributed by atoms with Gasteiger partial charge in [0.05, 0.1) is 7.11 Å². The largest absolute Gasteiger partial charge is 0.497 e. The van der Waals surface area contributed by atoms with Gasteiger partial charge in [0.15, 0.2) is 0 Å². The van der Waals surface area contributed by atoms with Crippen LogP contribution in [0.2, 0.25) is 0 Å². The van der Waals surface area contributed by atoms with Gasteiger partial charge in [-0.25, -0.2) is 0 Å². The van der Waals surface area contributed by atoms with E-state index in [1.54, 1.807) is 7.11 Å².